The van der Waals surface area contributed by atoms with Crippen molar-refractivity contribution in [2.24, 2.45) is 23.5 Å². The molecule has 2 aliphatic rings. The molecule has 3 rings (SSSR count). The predicted molar refractivity (Wildman–Crippen MR) is 110 cm³/mol. The first-order chi connectivity index (χ1) is 11.2. The lowest BCUT2D eigenvalue weighted by Gasteiger charge is -2.32. The highest BCUT2D eigenvalue weighted by molar-refractivity contribution is 5.93. The fourth-order valence-electron chi connectivity index (χ4n) is 3.95. The number of carbonyl (C=O) groups is 1. The van der Waals surface area contributed by atoms with Crippen LogP contribution in [0.5, 0.6) is 0 Å². The van der Waals surface area contributed by atoms with Crippen LogP contribution in [-0.2, 0) is 4.79 Å². The molecule has 2 atom stereocenters. The summed E-state index contributed by atoms with van der Waals surface area (Å²) in [5.41, 5.74) is 7.93. The number of benzene rings is 1. The smallest absolute Gasteiger partial charge is 0.227 e. The van der Waals surface area contributed by atoms with Gasteiger partial charge in [0, 0.05) is 30.4 Å². The third kappa shape index (κ3) is 5.50. The number of nitrogens with one attached hydrogen (secondary N) is 1. The van der Waals surface area contributed by atoms with E-state index in [1.165, 1.54) is 18.5 Å². The average molecular weight is 388 g/mol. The monoisotopic (exact) mass is 387 g/mol. The van der Waals surface area contributed by atoms with Crippen LogP contribution >= 0.6 is 24.8 Å². The Labute approximate surface area is 163 Å². The summed E-state index contributed by atoms with van der Waals surface area (Å²) in [5, 5.41) is 3.12. The summed E-state index contributed by atoms with van der Waals surface area (Å²) in [6.45, 7) is 5.15. The van der Waals surface area contributed by atoms with Crippen molar-refractivity contribution in [3.63, 3.8) is 0 Å². The highest BCUT2D eigenvalue weighted by Gasteiger charge is 2.31. The molecule has 0 aromatic heterocycles. The van der Waals surface area contributed by atoms with Crippen molar-refractivity contribution in [3.05, 3.63) is 24.3 Å². The van der Waals surface area contributed by atoms with Crippen molar-refractivity contribution in [3.8, 4) is 0 Å². The third-order valence-electron chi connectivity index (χ3n) is 5.56. The van der Waals surface area contributed by atoms with Crippen molar-refractivity contribution in [2.75, 3.05) is 29.9 Å². The fraction of sp³-hybridized carbons (Fsp3) is 0.632. The van der Waals surface area contributed by atoms with Gasteiger partial charge in [0.1, 0.15) is 0 Å². The van der Waals surface area contributed by atoms with Gasteiger partial charge in [-0.25, -0.2) is 0 Å². The number of halogens is 2. The van der Waals surface area contributed by atoms with E-state index in [0.29, 0.717) is 12.5 Å². The molecule has 1 aromatic carbocycles. The van der Waals surface area contributed by atoms with Crippen LogP contribution in [0.25, 0.3) is 0 Å². The Hall–Kier alpha value is -0.970. The van der Waals surface area contributed by atoms with Gasteiger partial charge >= 0.3 is 0 Å². The number of amides is 1. The molecule has 4 nitrogen and oxygen atoms in total. The van der Waals surface area contributed by atoms with Gasteiger partial charge in [-0.15, -0.1) is 24.8 Å². The van der Waals surface area contributed by atoms with Crippen LogP contribution in [0.4, 0.5) is 11.4 Å². The molecule has 1 aliphatic carbocycles. The standard InChI is InChI=1S/C19H29N3O.2ClH/c1-14-8-10-22(11-9-14)17-6-3-5-16(12-17)21-19(23)18-7-2-4-15(18)13-20;;/h3,5-6,12,14-15,18H,2,4,7-11,13,20H2,1H3,(H,21,23);2*1H/t15-,18-;;/m1../s1. The maximum atomic E-state index is 12.5. The molecule has 1 saturated carbocycles. The van der Waals surface area contributed by atoms with Crippen LogP contribution in [0.2, 0.25) is 0 Å². The maximum absolute atomic E-state index is 12.5. The van der Waals surface area contributed by atoms with E-state index in [0.717, 1.165) is 44.0 Å². The van der Waals surface area contributed by atoms with Crippen LogP contribution in [0.3, 0.4) is 0 Å². The Morgan fingerprint density at radius 2 is 1.92 bits per heavy atom. The minimum absolute atomic E-state index is 0. The zero-order valence-corrected chi connectivity index (χ0v) is 16.6. The normalized spacial score (nSPS) is 23.5. The molecular formula is C19H31Cl2N3O. The van der Waals surface area contributed by atoms with Crippen LogP contribution in [0, 0.1) is 17.8 Å². The topological polar surface area (TPSA) is 58.4 Å². The fourth-order valence-corrected chi connectivity index (χ4v) is 3.95. The van der Waals surface area contributed by atoms with E-state index in [1.54, 1.807) is 0 Å². The maximum Gasteiger partial charge on any atom is 0.227 e. The van der Waals surface area contributed by atoms with E-state index in [1.807, 2.05) is 12.1 Å². The SMILES string of the molecule is CC1CCN(c2cccc(NC(=O)[C@@H]3CCC[C@@H]3CN)c2)CC1.Cl.Cl. The molecule has 6 heteroatoms. The second-order valence-corrected chi connectivity index (χ2v) is 7.24. The average Bonchev–Trinajstić information content (AvgIpc) is 3.04. The third-order valence-corrected chi connectivity index (χ3v) is 5.56. The second-order valence-electron chi connectivity index (χ2n) is 7.24. The molecule has 2 fully saturated rings. The molecule has 0 spiro atoms. The van der Waals surface area contributed by atoms with Crippen molar-refractivity contribution >= 4 is 42.1 Å². The quantitative estimate of drug-likeness (QED) is 0.817. The van der Waals surface area contributed by atoms with Crippen LogP contribution in [0.1, 0.15) is 39.0 Å². The van der Waals surface area contributed by atoms with Gasteiger partial charge in [0.25, 0.3) is 0 Å². The van der Waals surface area contributed by atoms with Gasteiger partial charge in [-0.05, 0) is 62.3 Å². The van der Waals surface area contributed by atoms with Crippen LogP contribution in [-0.4, -0.2) is 25.5 Å². The number of carbonyl (C=O) groups excluding carboxylic acids is 1. The zero-order valence-electron chi connectivity index (χ0n) is 14.9. The van der Waals surface area contributed by atoms with E-state index >= 15 is 0 Å². The lowest BCUT2D eigenvalue weighted by atomic mass is 9.95. The first-order valence-electron chi connectivity index (χ1n) is 9.03. The molecule has 0 bridgehead atoms. The Balaban J connectivity index is 0.00000156. The molecule has 3 N–H and O–H groups in total. The van der Waals surface area contributed by atoms with E-state index in [9.17, 15) is 4.79 Å². The first kappa shape index (κ1) is 22.1. The van der Waals surface area contributed by atoms with Crippen molar-refractivity contribution in [1.29, 1.82) is 0 Å². The summed E-state index contributed by atoms with van der Waals surface area (Å²) in [7, 11) is 0. The first-order valence-corrected chi connectivity index (χ1v) is 9.03. The Kier molecular flexibility index (Phi) is 9.04. The lowest BCUT2D eigenvalue weighted by Crippen LogP contribution is -2.33. The largest absolute Gasteiger partial charge is 0.371 e. The number of hydrogen-bond donors (Lipinski definition) is 2. The molecule has 1 heterocycles. The molecule has 0 unspecified atom stereocenters. The molecule has 142 valence electrons. The van der Waals surface area contributed by atoms with E-state index in [-0.39, 0.29) is 36.6 Å². The van der Waals surface area contributed by atoms with Crippen molar-refractivity contribution in [1.82, 2.24) is 0 Å². The summed E-state index contributed by atoms with van der Waals surface area (Å²) in [5.74, 6) is 1.40. The molecule has 1 amide bonds. The van der Waals surface area contributed by atoms with Crippen molar-refractivity contribution < 1.29 is 4.79 Å². The number of piperidine rings is 1. The Morgan fingerprint density at radius 1 is 1.20 bits per heavy atom. The lowest BCUT2D eigenvalue weighted by molar-refractivity contribution is -0.120. The van der Waals surface area contributed by atoms with Crippen molar-refractivity contribution in [2.45, 2.75) is 39.0 Å². The van der Waals surface area contributed by atoms with Gasteiger partial charge in [0.2, 0.25) is 5.91 Å². The van der Waals surface area contributed by atoms with Gasteiger partial charge in [-0.1, -0.05) is 19.4 Å². The summed E-state index contributed by atoms with van der Waals surface area (Å²) in [6, 6.07) is 8.28. The molecule has 1 saturated heterocycles. The molecular weight excluding hydrogens is 357 g/mol. The Morgan fingerprint density at radius 3 is 2.60 bits per heavy atom. The van der Waals surface area contributed by atoms with E-state index < -0.39 is 0 Å². The van der Waals surface area contributed by atoms with Gasteiger partial charge in [-0.2, -0.15) is 0 Å². The summed E-state index contributed by atoms with van der Waals surface area (Å²) in [4.78, 5) is 15.0. The highest BCUT2D eigenvalue weighted by atomic mass is 35.5. The summed E-state index contributed by atoms with van der Waals surface area (Å²) >= 11 is 0. The molecule has 1 aliphatic heterocycles. The number of nitrogens with two attached hydrogens (primary N) is 1. The van der Waals surface area contributed by atoms with Crippen LogP contribution < -0.4 is 16.0 Å². The van der Waals surface area contributed by atoms with Gasteiger partial charge < -0.3 is 16.0 Å². The highest BCUT2D eigenvalue weighted by Crippen LogP contribution is 2.32. The molecule has 1 aromatic rings. The summed E-state index contributed by atoms with van der Waals surface area (Å²) in [6.07, 6.45) is 5.66. The number of nitrogens with zero attached hydrogens (tertiary/aromatic N) is 1. The minimum atomic E-state index is 0. The van der Waals surface area contributed by atoms with Gasteiger partial charge in [0.15, 0.2) is 0 Å². The number of anilines is 2. The number of hydrogen-bond acceptors (Lipinski definition) is 3. The zero-order chi connectivity index (χ0) is 16.2. The van der Waals surface area contributed by atoms with Gasteiger partial charge in [0.05, 0.1) is 0 Å². The number of rotatable bonds is 4. The van der Waals surface area contributed by atoms with E-state index in [4.69, 9.17) is 5.73 Å². The second kappa shape index (κ2) is 10.2. The molecule has 0 radical (unpaired) electrons. The minimum Gasteiger partial charge on any atom is -0.371 e. The van der Waals surface area contributed by atoms with Gasteiger partial charge in [-0.3, -0.25) is 4.79 Å². The predicted octanol–water partition coefficient (Wildman–Crippen LogP) is 4.08. The van der Waals surface area contributed by atoms with Crippen LogP contribution in [0.15, 0.2) is 24.3 Å². The molecule has 25 heavy (non-hydrogen) atoms. The summed E-state index contributed by atoms with van der Waals surface area (Å²) < 4.78 is 0. The Bertz CT molecular complexity index is 547. The van der Waals surface area contributed by atoms with E-state index in [2.05, 4.69) is 29.3 Å².